The lowest BCUT2D eigenvalue weighted by atomic mass is 10.1. The fourth-order valence-electron chi connectivity index (χ4n) is 3.29. The number of nitrogens with one attached hydrogen (secondary N) is 1. The van der Waals surface area contributed by atoms with Gasteiger partial charge < -0.3 is 4.90 Å². The molecule has 1 aliphatic rings. The van der Waals surface area contributed by atoms with Crippen LogP contribution in [0.3, 0.4) is 0 Å². The molecule has 1 fully saturated rings. The molecule has 4 rings (SSSR count). The molecule has 2 amide bonds. The van der Waals surface area contributed by atoms with Crippen molar-refractivity contribution < 1.29 is 9.59 Å². The second kappa shape index (κ2) is 9.40. The summed E-state index contributed by atoms with van der Waals surface area (Å²) in [7, 11) is 0. The van der Waals surface area contributed by atoms with Crippen molar-refractivity contribution in [3.63, 3.8) is 0 Å². The maximum atomic E-state index is 12.5. The number of thioether (sulfide) groups is 1. The Labute approximate surface area is 183 Å². The summed E-state index contributed by atoms with van der Waals surface area (Å²) < 4.78 is 0. The van der Waals surface area contributed by atoms with Crippen LogP contribution in [0.2, 0.25) is 0 Å². The molecule has 3 aromatic rings. The van der Waals surface area contributed by atoms with Crippen LogP contribution in [0.15, 0.2) is 54.6 Å². The van der Waals surface area contributed by atoms with Crippen LogP contribution in [0.4, 0.5) is 10.8 Å². The molecular weight excluding hydrogens is 416 g/mol. The minimum Gasteiger partial charge on any atom is -0.312 e. The Hall–Kier alpha value is -2.71. The Kier molecular flexibility index (Phi) is 6.44. The van der Waals surface area contributed by atoms with Crippen molar-refractivity contribution in [3.05, 3.63) is 70.7 Å². The average molecular weight is 439 g/mol. The number of rotatable bonds is 7. The number of hydrogen-bond acceptors (Lipinski definition) is 6. The third-order valence-corrected chi connectivity index (χ3v) is 6.86. The molecular formula is C22H22N4O2S2. The van der Waals surface area contributed by atoms with E-state index < -0.39 is 0 Å². The first-order valence-corrected chi connectivity index (χ1v) is 11.7. The van der Waals surface area contributed by atoms with Crippen LogP contribution in [0.25, 0.3) is 0 Å². The summed E-state index contributed by atoms with van der Waals surface area (Å²) >= 11 is 2.91. The highest BCUT2D eigenvalue weighted by molar-refractivity contribution is 7.99. The van der Waals surface area contributed by atoms with Gasteiger partial charge in [-0.25, -0.2) is 0 Å². The molecule has 2 aromatic carbocycles. The van der Waals surface area contributed by atoms with Crippen molar-refractivity contribution in [1.29, 1.82) is 0 Å². The third-order valence-electron chi connectivity index (χ3n) is 4.85. The lowest BCUT2D eigenvalue weighted by molar-refractivity contribution is -0.117. The number of hydrogen-bond donors (Lipinski definition) is 1. The molecule has 1 N–H and O–H groups in total. The van der Waals surface area contributed by atoms with Gasteiger partial charge in [-0.05, 0) is 24.6 Å². The molecule has 30 heavy (non-hydrogen) atoms. The predicted molar refractivity (Wildman–Crippen MR) is 122 cm³/mol. The highest BCUT2D eigenvalue weighted by Gasteiger charge is 2.33. The number of carbonyl (C=O) groups is 2. The maximum absolute atomic E-state index is 12.5. The maximum Gasteiger partial charge on any atom is 0.236 e. The quantitative estimate of drug-likeness (QED) is 0.597. The Morgan fingerprint density at radius 2 is 1.93 bits per heavy atom. The van der Waals surface area contributed by atoms with Crippen molar-refractivity contribution in [2.45, 2.75) is 25.0 Å². The minimum atomic E-state index is -0.0950. The van der Waals surface area contributed by atoms with E-state index in [4.69, 9.17) is 0 Å². The molecule has 1 saturated heterocycles. The molecule has 1 aliphatic heterocycles. The van der Waals surface area contributed by atoms with Crippen molar-refractivity contribution in [3.8, 4) is 0 Å². The monoisotopic (exact) mass is 438 g/mol. The Balaban J connectivity index is 1.30. The van der Waals surface area contributed by atoms with Gasteiger partial charge in [0.05, 0.1) is 5.75 Å². The molecule has 1 aromatic heterocycles. The smallest absolute Gasteiger partial charge is 0.236 e. The van der Waals surface area contributed by atoms with Crippen LogP contribution in [0.1, 0.15) is 28.5 Å². The fourth-order valence-corrected chi connectivity index (χ4v) is 4.93. The summed E-state index contributed by atoms with van der Waals surface area (Å²) in [5.41, 5.74) is 3.26. The molecule has 0 aliphatic carbocycles. The number of nitrogens with zero attached hydrogens (tertiary/aromatic N) is 3. The summed E-state index contributed by atoms with van der Waals surface area (Å²) in [6.45, 7) is 2.60. The first-order chi connectivity index (χ1) is 14.6. The van der Waals surface area contributed by atoms with E-state index in [1.54, 1.807) is 16.7 Å². The Bertz CT molecular complexity index is 1020. The third kappa shape index (κ3) is 5.06. The van der Waals surface area contributed by atoms with Crippen LogP contribution in [-0.2, 0) is 15.3 Å². The second-order valence-corrected chi connectivity index (χ2v) is 9.21. The number of anilines is 2. The van der Waals surface area contributed by atoms with E-state index in [1.807, 2.05) is 61.5 Å². The largest absolute Gasteiger partial charge is 0.312 e. The van der Waals surface area contributed by atoms with Crippen molar-refractivity contribution in [2.24, 2.45) is 0 Å². The fraction of sp³-hybridized carbons (Fsp3) is 0.273. The van der Waals surface area contributed by atoms with E-state index in [0.717, 1.165) is 22.0 Å². The molecule has 154 valence electrons. The summed E-state index contributed by atoms with van der Waals surface area (Å²) in [4.78, 5) is 26.5. The normalized spacial score (nSPS) is 16.1. The SMILES string of the molecule is Cc1ccc(N2C[C@H](c3nnc(NC(=O)CSCc4ccccc4)s3)CC2=O)cc1. The minimum absolute atomic E-state index is 0.00518. The summed E-state index contributed by atoms with van der Waals surface area (Å²) in [5, 5.41) is 12.4. The van der Waals surface area contributed by atoms with Crippen molar-refractivity contribution in [1.82, 2.24) is 10.2 Å². The number of carbonyl (C=O) groups excluding carboxylic acids is 2. The van der Waals surface area contributed by atoms with Crippen LogP contribution in [0.5, 0.6) is 0 Å². The molecule has 0 unspecified atom stereocenters. The number of aryl methyl sites for hydroxylation is 1. The topological polar surface area (TPSA) is 75.2 Å². The van der Waals surface area contributed by atoms with Gasteiger partial charge in [0, 0.05) is 30.3 Å². The number of aromatic nitrogens is 2. The van der Waals surface area contributed by atoms with Gasteiger partial charge in [0.25, 0.3) is 0 Å². The molecule has 0 radical (unpaired) electrons. The van der Waals surface area contributed by atoms with Crippen molar-refractivity contribution >= 4 is 45.7 Å². The summed E-state index contributed by atoms with van der Waals surface area (Å²) in [5.74, 6) is 1.13. The van der Waals surface area contributed by atoms with Gasteiger partial charge in [0.1, 0.15) is 5.01 Å². The van der Waals surface area contributed by atoms with Crippen LogP contribution in [-0.4, -0.2) is 34.3 Å². The highest BCUT2D eigenvalue weighted by atomic mass is 32.2. The van der Waals surface area contributed by atoms with Gasteiger partial charge in [-0.3, -0.25) is 14.9 Å². The van der Waals surface area contributed by atoms with Crippen molar-refractivity contribution in [2.75, 3.05) is 22.5 Å². The van der Waals surface area contributed by atoms with E-state index in [1.165, 1.54) is 16.9 Å². The lowest BCUT2D eigenvalue weighted by Gasteiger charge is -2.16. The Morgan fingerprint density at radius 3 is 2.70 bits per heavy atom. The van der Waals surface area contributed by atoms with E-state index in [-0.39, 0.29) is 17.7 Å². The second-order valence-electron chi connectivity index (χ2n) is 7.21. The molecule has 2 heterocycles. The van der Waals surface area contributed by atoms with E-state index in [2.05, 4.69) is 15.5 Å². The lowest BCUT2D eigenvalue weighted by Crippen LogP contribution is -2.24. The zero-order valence-corrected chi connectivity index (χ0v) is 18.2. The average Bonchev–Trinajstić information content (AvgIpc) is 3.36. The molecule has 0 spiro atoms. The first kappa shape index (κ1) is 20.6. The number of amides is 2. The standard InChI is InChI=1S/C22H22N4O2S2/c1-15-7-9-18(10-8-15)26-12-17(11-20(26)28)21-24-25-22(30-21)23-19(27)14-29-13-16-5-3-2-4-6-16/h2-10,17H,11-14H2,1H3,(H,23,25,27)/t17-/m1/s1. The van der Waals surface area contributed by atoms with Crippen LogP contribution >= 0.6 is 23.1 Å². The highest BCUT2D eigenvalue weighted by Crippen LogP contribution is 2.34. The van der Waals surface area contributed by atoms with E-state index in [9.17, 15) is 9.59 Å². The first-order valence-electron chi connectivity index (χ1n) is 9.70. The van der Waals surface area contributed by atoms with Crippen LogP contribution < -0.4 is 10.2 Å². The summed E-state index contributed by atoms with van der Waals surface area (Å²) in [6, 6.07) is 18.0. The zero-order valence-electron chi connectivity index (χ0n) is 16.6. The van der Waals surface area contributed by atoms with Gasteiger partial charge in [-0.15, -0.1) is 22.0 Å². The predicted octanol–water partition coefficient (Wildman–Crippen LogP) is 4.24. The van der Waals surface area contributed by atoms with Gasteiger partial charge in [0.2, 0.25) is 16.9 Å². The van der Waals surface area contributed by atoms with Gasteiger partial charge >= 0.3 is 0 Å². The summed E-state index contributed by atoms with van der Waals surface area (Å²) in [6.07, 6.45) is 0.406. The zero-order chi connectivity index (χ0) is 20.9. The van der Waals surface area contributed by atoms with Gasteiger partial charge in [-0.2, -0.15) is 0 Å². The molecule has 8 heteroatoms. The van der Waals surface area contributed by atoms with Gasteiger partial charge in [0.15, 0.2) is 0 Å². The number of benzene rings is 2. The van der Waals surface area contributed by atoms with Crippen LogP contribution in [0, 0.1) is 6.92 Å². The van der Waals surface area contributed by atoms with E-state index >= 15 is 0 Å². The molecule has 0 bridgehead atoms. The molecule has 6 nitrogen and oxygen atoms in total. The Morgan fingerprint density at radius 1 is 1.17 bits per heavy atom. The molecule has 1 atom stereocenters. The van der Waals surface area contributed by atoms with Gasteiger partial charge in [-0.1, -0.05) is 59.4 Å². The molecule has 0 saturated carbocycles. The van der Waals surface area contributed by atoms with E-state index in [0.29, 0.717) is 23.8 Å².